The van der Waals surface area contributed by atoms with Crippen molar-refractivity contribution in [1.29, 1.82) is 0 Å². The topological polar surface area (TPSA) is 134 Å². The van der Waals surface area contributed by atoms with Crippen LogP contribution in [0.2, 0.25) is 0 Å². The largest absolute Gasteiger partial charge is 0.507 e. The first kappa shape index (κ1) is 28.7. The number of nitrogens with zero attached hydrogens (tertiary/aromatic N) is 1. The number of benzene rings is 1. The van der Waals surface area contributed by atoms with Crippen molar-refractivity contribution < 1.29 is 33.8 Å². The van der Waals surface area contributed by atoms with Crippen molar-refractivity contribution in [1.82, 2.24) is 15.5 Å². The van der Waals surface area contributed by atoms with Crippen molar-refractivity contribution >= 4 is 23.9 Å². The lowest BCUT2D eigenvalue weighted by molar-refractivity contribution is -0.148. The summed E-state index contributed by atoms with van der Waals surface area (Å²) in [5.74, 6) is -2.07. The van der Waals surface area contributed by atoms with Gasteiger partial charge in [-0.2, -0.15) is 0 Å². The number of aryl methyl sites for hydroxylation is 1. The minimum atomic E-state index is -1.28. The average Bonchev–Trinajstić information content (AvgIpc) is 2.74. The number of carbonyl (C=O) groups is 4. The maximum Gasteiger partial charge on any atom is 0.408 e. The number of ether oxygens (including phenoxy) is 2. The Morgan fingerprint density at radius 2 is 1.68 bits per heavy atom. The predicted molar refractivity (Wildman–Crippen MR) is 126 cm³/mol. The van der Waals surface area contributed by atoms with Crippen molar-refractivity contribution in [3.05, 3.63) is 29.3 Å². The summed E-state index contributed by atoms with van der Waals surface area (Å²) in [5, 5.41) is 15.7. The Morgan fingerprint density at radius 1 is 1.06 bits per heavy atom. The van der Waals surface area contributed by atoms with Gasteiger partial charge in [0.15, 0.2) is 0 Å². The van der Waals surface area contributed by atoms with Crippen molar-refractivity contribution in [3.8, 4) is 5.75 Å². The Bertz CT molecular complexity index is 906. The smallest absolute Gasteiger partial charge is 0.408 e. The van der Waals surface area contributed by atoms with Gasteiger partial charge in [0.2, 0.25) is 11.8 Å². The second-order valence-corrected chi connectivity index (χ2v) is 9.49. The fourth-order valence-electron chi connectivity index (χ4n) is 3.18. The number of hydrogen-bond acceptors (Lipinski definition) is 7. The Morgan fingerprint density at radius 3 is 2.21 bits per heavy atom. The fraction of sp³-hybridized carbons (Fsp3) is 0.583. The highest BCUT2D eigenvalue weighted by molar-refractivity contribution is 5.92. The van der Waals surface area contributed by atoms with Gasteiger partial charge < -0.3 is 30.1 Å². The normalized spacial score (nSPS) is 12.4. The van der Waals surface area contributed by atoms with Gasteiger partial charge in [-0.1, -0.05) is 25.1 Å². The number of amides is 3. The van der Waals surface area contributed by atoms with Crippen LogP contribution in [0.25, 0.3) is 0 Å². The molecule has 1 atom stereocenters. The van der Waals surface area contributed by atoms with Crippen LogP contribution in [-0.2, 0) is 23.9 Å². The molecule has 3 N–H and O–H groups in total. The number of nitrogens with one attached hydrogen (secondary N) is 2. The Hall–Kier alpha value is -3.30. The molecule has 0 aromatic heterocycles. The summed E-state index contributed by atoms with van der Waals surface area (Å²) in [5.41, 5.74) is -0.915. The number of carbonyl (C=O) groups excluding carboxylic acids is 4. The summed E-state index contributed by atoms with van der Waals surface area (Å²) in [6.07, 6.45) is -0.321. The quantitative estimate of drug-likeness (QED) is 0.463. The second-order valence-electron chi connectivity index (χ2n) is 9.49. The summed E-state index contributed by atoms with van der Waals surface area (Å²) in [6, 6.07) is 3.58. The molecule has 0 heterocycles. The number of hydrogen-bond donors (Lipinski definition) is 3. The molecular weight excluding hydrogens is 442 g/mol. The van der Waals surface area contributed by atoms with Crippen LogP contribution in [0.3, 0.4) is 0 Å². The summed E-state index contributed by atoms with van der Waals surface area (Å²) < 4.78 is 9.78. The van der Waals surface area contributed by atoms with Crippen LogP contribution in [0.5, 0.6) is 5.75 Å². The molecular formula is C24H37N3O7. The van der Waals surface area contributed by atoms with Crippen molar-refractivity contribution in [2.45, 2.75) is 72.1 Å². The molecule has 34 heavy (non-hydrogen) atoms. The average molecular weight is 480 g/mol. The summed E-state index contributed by atoms with van der Waals surface area (Å²) in [6.45, 7) is 11.3. The molecule has 0 saturated heterocycles. The lowest BCUT2D eigenvalue weighted by Crippen LogP contribution is -2.56. The number of methoxy groups -OCH3 is 1. The molecule has 0 aliphatic rings. The lowest BCUT2D eigenvalue weighted by atomic mass is 9.92. The van der Waals surface area contributed by atoms with Crippen LogP contribution in [0, 0.1) is 6.92 Å². The molecule has 0 fully saturated rings. The van der Waals surface area contributed by atoms with E-state index in [1.165, 1.54) is 18.1 Å². The lowest BCUT2D eigenvalue weighted by Gasteiger charge is -2.43. The van der Waals surface area contributed by atoms with Crippen molar-refractivity contribution in [3.63, 3.8) is 0 Å². The molecule has 0 saturated carbocycles. The highest BCUT2D eigenvalue weighted by Crippen LogP contribution is 2.36. The van der Waals surface area contributed by atoms with Crippen molar-refractivity contribution in [2.75, 3.05) is 20.2 Å². The van der Waals surface area contributed by atoms with Crippen LogP contribution >= 0.6 is 0 Å². The monoisotopic (exact) mass is 479 g/mol. The van der Waals surface area contributed by atoms with E-state index < -0.39 is 54.1 Å². The summed E-state index contributed by atoms with van der Waals surface area (Å²) in [4.78, 5) is 51.8. The first-order chi connectivity index (χ1) is 15.6. The van der Waals surface area contributed by atoms with E-state index >= 15 is 0 Å². The molecule has 0 radical (unpaired) electrons. The number of para-hydroxylation sites is 1. The molecule has 10 heteroatoms. The number of phenols is 1. The molecule has 0 spiro atoms. The number of aromatic hydroxyl groups is 1. The van der Waals surface area contributed by atoms with Crippen LogP contribution in [-0.4, -0.2) is 65.2 Å². The molecule has 190 valence electrons. The van der Waals surface area contributed by atoms with Gasteiger partial charge in [-0.05, 0) is 53.5 Å². The van der Waals surface area contributed by atoms with Crippen LogP contribution in [0.1, 0.15) is 65.1 Å². The molecule has 1 aromatic rings. The standard InChI is InChI=1S/C24H37N3O7/c1-9-24(6,7)27(17(28)13-26-22(32)34-23(3,4)5)19(21(31)25-14-18(29)33-8)16-12-10-11-15(2)20(16)30/h10-12,19,30H,9,13-14H2,1-8H3,(H,25,31)(H,26,32). The summed E-state index contributed by atoms with van der Waals surface area (Å²) in [7, 11) is 1.19. The maximum absolute atomic E-state index is 13.4. The van der Waals surface area contributed by atoms with Crippen LogP contribution in [0.4, 0.5) is 4.79 Å². The Labute approximate surface area is 201 Å². The minimum absolute atomic E-state index is 0.148. The first-order valence-corrected chi connectivity index (χ1v) is 11.1. The van der Waals surface area contributed by atoms with Gasteiger partial charge in [0.1, 0.15) is 30.5 Å². The van der Waals surface area contributed by atoms with Crippen molar-refractivity contribution in [2.24, 2.45) is 0 Å². The van der Waals surface area contributed by atoms with Gasteiger partial charge in [-0.25, -0.2) is 4.79 Å². The first-order valence-electron chi connectivity index (χ1n) is 11.1. The zero-order chi connectivity index (χ0) is 26.3. The molecule has 1 unspecified atom stereocenters. The third-order valence-corrected chi connectivity index (χ3v) is 5.27. The number of esters is 1. The van der Waals surface area contributed by atoms with Gasteiger partial charge >= 0.3 is 12.1 Å². The molecule has 1 aromatic carbocycles. The molecule has 0 aliphatic carbocycles. The molecule has 3 amide bonds. The molecule has 1 rings (SSSR count). The number of rotatable bonds is 9. The van der Waals surface area contributed by atoms with Gasteiger partial charge in [0, 0.05) is 11.1 Å². The van der Waals surface area contributed by atoms with E-state index in [2.05, 4.69) is 15.4 Å². The number of alkyl carbamates (subject to hydrolysis) is 1. The molecule has 0 bridgehead atoms. The van der Waals surface area contributed by atoms with Gasteiger partial charge in [-0.3, -0.25) is 14.4 Å². The SMILES string of the molecule is CCC(C)(C)N(C(=O)CNC(=O)OC(C)(C)C)C(C(=O)NCC(=O)OC)c1cccc(C)c1O. The molecule has 0 aliphatic heterocycles. The van der Waals surface area contributed by atoms with E-state index in [0.29, 0.717) is 12.0 Å². The maximum atomic E-state index is 13.4. The Balaban J connectivity index is 3.44. The predicted octanol–water partition coefficient (Wildman–Crippen LogP) is 2.57. The van der Waals surface area contributed by atoms with E-state index in [1.54, 1.807) is 53.7 Å². The van der Waals surface area contributed by atoms with Crippen LogP contribution < -0.4 is 10.6 Å². The van der Waals surface area contributed by atoms with Crippen LogP contribution in [0.15, 0.2) is 18.2 Å². The highest BCUT2D eigenvalue weighted by atomic mass is 16.6. The van der Waals surface area contributed by atoms with E-state index in [-0.39, 0.29) is 11.3 Å². The Kier molecular flexibility index (Phi) is 9.90. The zero-order valence-corrected chi connectivity index (χ0v) is 21.3. The third-order valence-electron chi connectivity index (χ3n) is 5.27. The number of phenolic OH excluding ortho intramolecular Hbond substituents is 1. The third kappa shape index (κ3) is 7.93. The summed E-state index contributed by atoms with van der Waals surface area (Å²) >= 11 is 0. The van der Waals surface area contributed by atoms with Gasteiger partial charge in [-0.15, -0.1) is 0 Å². The van der Waals surface area contributed by atoms with Gasteiger partial charge in [0.05, 0.1) is 7.11 Å². The van der Waals surface area contributed by atoms with Gasteiger partial charge in [0.25, 0.3) is 0 Å². The van der Waals surface area contributed by atoms with E-state index in [0.717, 1.165) is 0 Å². The van der Waals surface area contributed by atoms with E-state index in [9.17, 15) is 24.3 Å². The highest BCUT2D eigenvalue weighted by Gasteiger charge is 2.41. The van der Waals surface area contributed by atoms with E-state index in [4.69, 9.17) is 4.74 Å². The minimum Gasteiger partial charge on any atom is -0.507 e. The van der Waals surface area contributed by atoms with E-state index in [1.807, 2.05) is 6.92 Å². The fourth-order valence-corrected chi connectivity index (χ4v) is 3.18. The second kappa shape index (κ2) is 11.7. The zero-order valence-electron chi connectivity index (χ0n) is 21.3. The molecule has 10 nitrogen and oxygen atoms in total.